The van der Waals surface area contributed by atoms with Crippen LogP contribution >= 0.6 is 0 Å². The van der Waals surface area contributed by atoms with Crippen LogP contribution in [0, 0.1) is 12.3 Å². The van der Waals surface area contributed by atoms with Crippen LogP contribution in [-0.2, 0) is 9.53 Å². The Labute approximate surface area is 36.1 Å². The Hall–Kier alpha value is -0.970. The summed E-state index contributed by atoms with van der Waals surface area (Å²) in [5.74, 6) is 2.08. The fourth-order valence-corrected chi connectivity index (χ4v) is 0.0711. The number of hydrogen-bond donors (Lipinski definition) is 0. The van der Waals surface area contributed by atoms with Crippen LogP contribution in [-0.4, -0.2) is 13.1 Å². The van der Waals surface area contributed by atoms with Gasteiger partial charge in [-0.25, -0.2) is 4.79 Å². The molecule has 0 aromatic carbocycles. The Balaban J connectivity index is 2.72. The van der Waals surface area contributed by atoms with Crippen LogP contribution in [0.5, 0.6) is 0 Å². The Bertz CT molecular complexity index is 70.1. The molecule has 6 heavy (non-hydrogen) atoms. The van der Waals surface area contributed by atoms with Gasteiger partial charge in [-0.1, -0.05) is 5.92 Å². The van der Waals surface area contributed by atoms with Crippen molar-refractivity contribution in [3.63, 3.8) is 0 Å². The summed E-state index contributed by atoms with van der Waals surface area (Å²) in [7, 11) is 0. The molecule has 1 radical (unpaired) electrons. The van der Waals surface area contributed by atoms with Crippen molar-refractivity contribution in [1.29, 1.82) is 0 Å². The van der Waals surface area contributed by atoms with Gasteiger partial charge in [-0.05, 0) is 0 Å². The molecule has 0 rings (SSSR count). The van der Waals surface area contributed by atoms with Crippen LogP contribution in [0.25, 0.3) is 0 Å². The lowest BCUT2D eigenvalue weighted by Gasteiger charge is -1.77. The fourth-order valence-electron chi connectivity index (χ4n) is 0.0711. The molecule has 0 heterocycles. The van der Waals surface area contributed by atoms with E-state index in [4.69, 9.17) is 4.79 Å². The van der Waals surface area contributed by atoms with E-state index in [1.807, 2.05) is 0 Å². The Morgan fingerprint density at radius 2 is 2.50 bits per heavy atom. The minimum atomic E-state index is 0.0174. The van der Waals surface area contributed by atoms with Gasteiger partial charge in [0.2, 0.25) is 0 Å². The maximum atomic E-state index is 9.12. The lowest BCUT2D eigenvalue weighted by atomic mass is 10.8. The van der Waals surface area contributed by atoms with Crippen LogP contribution in [0.1, 0.15) is 0 Å². The molecule has 0 unspecified atom stereocenters. The van der Waals surface area contributed by atoms with E-state index in [1.54, 1.807) is 0 Å². The van der Waals surface area contributed by atoms with Crippen LogP contribution < -0.4 is 0 Å². The van der Waals surface area contributed by atoms with E-state index in [1.165, 1.54) is 6.47 Å². The number of carbonyl (C=O) groups excluding carboxylic acids is 1. The van der Waals surface area contributed by atoms with E-state index >= 15 is 0 Å². The molecule has 0 aliphatic carbocycles. The zero-order valence-corrected chi connectivity index (χ0v) is 3.10. The van der Waals surface area contributed by atoms with E-state index in [9.17, 15) is 0 Å². The van der Waals surface area contributed by atoms with E-state index in [0.29, 0.717) is 0 Å². The van der Waals surface area contributed by atoms with E-state index in [-0.39, 0.29) is 6.61 Å². The highest BCUT2D eigenvalue weighted by molar-refractivity contribution is 5.38. The number of ether oxygens (including phenoxy) is 1. The molecule has 0 fully saturated rings. The lowest BCUT2D eigenvalue weighted by molar-refractivity contribution is 0.319. The van der Waals surface area contributed by atoms with Gasteiger partial charge in [0.1, 0.15) is 0 Å². The first kappa shape index (κ1) is 5.03. The third-order valence-electron chi connectivity index (χ3n) is 0.214. The molecule has 31 valence electrons. The predicted octanol–water partition coefficient (Wildman–Crippen LogP) is -0.297. The largest absolute Gasteiger partial charge is 0.444 e. The van der Waals surface area contributed by atoms with E-state index in [0.717, 1.165) is 0 Å². The molecular weight excluding hydrogens is 80.0 g/mol. The highest BCUT2D eigenvalue weighted by Gasteiger charge is 1.68. The van der Waals surface area contributed by atoms with Crippen molar-refractivity contribution in [1.82, 2.24) is 0 Å². The Kier molecular flexibility index (Phi) is 3.38. The standard InChI is InChI=1S/C4H3O2/c1-2-3-6-4-5/h1H,3H2. The van der Waals surface area contributed by atoms with Gasteiger partial charge in [-0.15, -0.1) is 6.42 Å². The molecule has 0 saturated carbocycles. The van der Waals surface area contributed by atoms with Crippen molar-refractivity contribution in [3.8, 4) is 12.3 Å². The first-order chi connectivity index (χ1) is 2.91. The van der Waals surface area contributed by atoms with Gasteiger partial charge < -0.3 is 4.74 Å². The second kappa shape index (κ2) is 4.03. The second-order valence-electron chi connectivity index (χ2n) is 0.576. The van der Waals surface area contributed by atoms with Crippen molar-refractivity contribution in [2.24, 2.45) is 0 Å². The molecule has 0 aromatic heterocycles. The molecule has 0 bridgehead atoms. The molecule has 0 saturated heterocycles. The van der Waals surface area contributed by atoms with Gasteiger partial charge in [0.15, 0.2) is 6.61 Å². The maximum Gasteiger partial charge on any atom is 0.418 e. The van der Waals surface area contributed by atoms with Gasteiger partial charge in [0.05, 0.1) is 0 Å². The topological polar surface area (TPSA) is 26.3 Å². The maximum absolute atomic E-state index is 9.12. The third kappa shape index (κ3) is 3.03. The highest BCUT2D eigenvalue weighted by atomic mass is 16.5. The molecule has 0 spiro atoms. The smallest absolute Gasteiger partial charge is 0.418 e. The number of rotatable bonds is 2. The minimum absolute atomic E-state index is 0.0174. The zero-order chi connectivity index (χ0) is 4.83. The quantitative estimate of drug-likeness (QED) is 0.338. The summed E-state index contributed by atoms with van der Waals surface area (Å²) in [6.45, 7) is 1.19. The van der Waals surface area contributed by atoms with Gasteiger partial charge in [0, 0.05) is 0 Å². The summed E-state index contributed by atoms with van der Waals surface area (Å²) in [4.78, 5) is 9.12. The molecule has 0 aromatic rings. The summed E-state index contributed by atoms with van der Waals surface area (Å²) < 4.78 is 3.94. The summed E-state index contributed by atoms with van der Waals surface area (Å²) in [6, 6.07) is 0. The molecule has 2 nitrogen and oxygen atoms in total. The Morgan fingerprint density at radius 1 is 1.83 bits per heavy atom. The van der Waals surface area contributed by atoms with Gasteiger partial charge in [-0.3, -0.25) is 0 Å². The molecule has 0 atom stereocenters. The van der Waals surface area contributed by atoms with Gasteiger partial charge in [0.25, 0.3) is 0 Å². The highest BCUT2D eigenvalue weighted by Crippen LogP contribution is 1.56. The van der Waals surface area contributed by atoms with Gasteiger partial charge in [-0.2, -0.15) is 0 Å². The average molecular weight is 83.1 g/mol. The van der Waals surface area contributed by atoms with E-state index in [2.05, 4.69) is 17.1 Å². The molecule has 0 aliphatic heterocycles. The van der Waals surface area contributed by atoms with Crippen LogP contribution in [0.2, 0.25) is 0 Å². The summed E-state index contributed by atoms with van der Waals surface area (Å²) in [5, 5.41) is 0. The van der Waals surface area contributed by atoms with Crippen molar-refractivity contribution >= 4 is 6.47 Å². The molecular formula is C4H3O2. The normalized spacial score (nSPS) is 5.83. The number of hydrogen-bond acceptors (Lipinski definition) is 2. The van der Waals surface area contributed by atoms with Crippen molar-refractivity contribution in [2.75, 3.05) is 6.61 Å². The molecule has 2 heteroatoms. The molecule has 0 amide bonds. The van der Waals surface area contributed by atoms with Crippen molar-refractivity contribution in [3.05, 3.63) is 0 Å². The summed E-state index contributed by atoms with van der Waals surface area (Å²) >= 11 is 0. The van der Waals surface area contributed by atoms with Crippen LogP contribution in [0.4, 0.5) is 0 Å². The molecule has 0 aliphatic rings. The minimum Gasteiger partial charge on any atom is -0.444 e. The van der Waals surface area contributed by atoms with Crippen LogP contribution in [0.3, 0.4) is 0 Å². The van der Waals surface area contributed by atoms with Gasteiger partial charge >= 0.3 is 6.47 Å². The fraction of sp³-hybridized carbons (Fsp3) is 0.250. The zero-order valence-electron chi connectivity index (χ0n) is 3.10. The summed E-state index contributed by atoms with van der Waals surface area (Å²) in [5.41, 5.74) is 0. The SMILES string of the molecule is C#CCO[C]=O. The van der Waals surface area contributed by atoms with Crippen LogP contribution in [0.15, 0.2) is 0 Å². The van der Waals surface area contributed by atoms with Crippen molar-refractivity contribution < 1.29 is 9.53 Å². The average Bonchev–Trinajstić information content (AvgIpc) is 1.61. The first-order valence-electron chi connectivity index (χ1n) is 1.34. The lowest BCUT2D eigenvalue weighted by Crippen LogP contribution is -1.83. The Morgan fingerprint density at radius 3 is 2.67 bits per heavy atom. The molecule has 0 N–H and O–H groups in total. The van der Waals surface area contributed by atoms with E-state index < -0.39 is 0 Å². The monoisotopic (exact) mass is 83.0 g/mol. The third-order valence-corrected chi connectivity index (χ3v) is 0.214. The second-order valence-corrected chi connectivity index (χ2v) is 0.576. The predicted molar refractivity (Wildman–Crippen MR) is 20.5 cm³/mol. The summed E-state index contributed by atoms with van der Waals surface area (Å²) in [6.07, 6.45) is 4.66. The first-order valence-corrected chi connectivity index (χ1v) is 1.34. The number of terminal acetylenes is 1. The van der Waals surface area contributed by atoms with Crippen molar-refractivity contribution in [2.45, 2.75) is 0 Å².